The molecule has 1 saturated heterocycles. The Balaban J connectivity index is 0.00000462. The van der Waals surface area contributed by atoms with Gasteiger partial charge in [-0.3, -0.25) is 14.4 Å². The molecule has 10 atom stereocenters. The Labute approximate surface area is 275 Å². The Morgan fingerprint density at radius 2 is 1.73 bits per heavy atom. The van der Waals surface area contributed by atoms with Crippen LogP contribution in [0.4, 0.5) is 0 Å². The van der Waals surface area contributed by atoms with Gasteiger partial charge in [-0.15, -0.1) is 0 Å². The zero-order valence-corrected chi connectivity index (χ0v) is 29.3. The fraction of sp³-hybridized carbons (Fsp3) is 0.786. The summed E-state index contributed by atoms with van der Waals surface area (Å²) in [6.45, 7) is 10.2. The number of rotatable bonds is 5. The third-order valence-electron chi connectivity index (χ3n) is 9.89. The number of esters is 2. The topological polar surface area (TPSA) is 189 Å². The van der Waals surface area contributed by atoms with Gasteiger partial charge in [0.2, 0.25) is 5.91 Å². The largest absolute Gasteiger partial charge is 0.459 e. The normalized spacial score (nSPS) is 40.7. The monoisotopic (exact) mass is 794 g/mol. The third-order valence-corrected chi connectivity index (χ3v) is 9.89. The van der Waals surface area contributed by atoms with E-state index in [1.54, 1.807) is 27.7 Å². The number of carbonyl (C=O) groups is 4. The van der Waals surface area contributed by atoms with E-state index in [4.69, 9.17) is 14.2 Å². The molecule has 41 heavy (non-hydrogen) atoms. The smallest absolute Gasteiger partial charge is 0.337 e. The number of ketones is 1. The molecule has 1 radical (unpaired) electrons. The summed E-state index contributed by atoms with van der Waals surface area (Å²) >= 11 is 0. The van der Waals surface area contributed by atoms with Crippen molar-refractivity contribution in [2.45, 2.75) is 115 Å². The van der Waals surface area contributed by atoms with Crippen molar-refractivity contribution in [2.75, 3.05) is 6.61 Å². The van der Waals surface area contributed by atoms with Gasteiger partial charge in [0, 0.05) is 99.5 Å². The molecule has 0 aromatic heterocycles. The maximum absolute atomic E-state index is 14.0. The average Bonchev–Trinajstić information content (AvgIpc) is 2.81. The summed E-state index contributed by atoms with van der Waals surface area (Å²) in [7, 11) is 0. The van der Waals surface area contributed by atoms with Gasteiger partial charge in [0.25, 0.3) is 0 Å². The molecule has 3 aliphatic carbocycles. The molecular formula is C28H41AcNO11. The minimum atomic E-state index is -2.07. The maximum atomic E-state index is 14.0. The van der Waals surface area contributed by atoms with Gasteiger partial charge in [-0.05, 0) is 19.4 Å². The van der Waals surface area contributed by atoms with E-state index in [2.05, 4.69) is 5.32 Å². The average molecular weight is 795 g/mol. The molecule has 0 spiro atoms. The summed E-state index contributed by atoms with van der Waals surface area (Å²) in [5.41, 5.74) is -5.81. The number of carbonyl (C=O) groups excluding carboxylic acids is 4. The van der Waals surface area contributed by atoms with Gasteiger partial charge in [0.15, 0.2) is 11.9 Å². The van der Waals surface area contributed by atoms with Gasteiger partial charge in [0.05, 0.1) is 24.9 Å². The first-order valence-electron chi connectivity index (χ1n) is 13.6. The molecule has 4 rings (SSSR count). The van der Waals surface area contributed by atoms with Crippen LogP contribution >= 0.6 is 0 Å². The molecule has 5 N–H and O–H groups in total. The molecule has 4 aliphatic rings. The number of ether oxygens (including phenoxy) is 3. The second-order valence-electron chi connectivity index (χ2n) is 12.8. The van der Waals surface area contributed by atoms with Crippen molar-refractivity contribution in [3.63, 3.8) is 0 Å². The van der Waals surface area contributed by atoms with Gasteiger partial charge in [-0.1, -0.05) is 20.8 Å². The van der Waals surface area contributed by atoms with Crippen molar-refractivity contribution in [1.82, 2.24) is 5.32 Å². The van der Waals surface area contributed by atoms with E-state index in [-0.39, 0.29) is 75.5 Å². The summed E-state index contributed by atoms with van der Waals surface area (Å²) in [5.74, 6) is -3.81. The van der Waals surface area contributed by atoms with Gasteiger partial charge >= 0.3 is 11.9 Å². The van der Waals surface area contributed by atoms with E-state index in [0.29, 0.717) is 5.57 Å². The number of amides is 1. The number of nitrogens with one attached hydrogen (secondary N) is 1. The van der Waals surface area contributed by atoms with E-state index in [0.717, 1.165) is 6.92 Å². The number of hydrogen-bond acceptors (Lipinski definition) is 11. The molecule has 2 bridgehead atoms. The van der Waals surface area contributed by atoms with Crippen LogP contribution in [-0.4, -0.2) is 98.4 Å². The molecular weight excluding hydrogens is 753 g/mol. The number of Topliss-reactive ketones (excluding diaryl/α,β-unsaturated/α-hetero) is 1. The van der Waals surface area contributed by atoms with Crippen LogP contribution in [0.2, 0.25) is 0 Å². The molecule has 0 aromatic carbocycles. The van der Waals surface area contributed by atoms with Gasteiger partial charge in [-0.25, -0.2) is 4.79 Å². The Kier molecular flexibility index (Phi) is 9.71. The second-order valence-corrected chi connectivity index (χ2v) is 12.8. The van der Waals surface area contributed by atoms with Crippen LogP contribution in [0.3, 0.4) is 0 Å². The van der Waals surface area contributed by atoms with Crippen LogP contribution < -0.4 is 5.32 Å². The Bertz CT molecular complexity index is 1160. The summed E-state index contributed by atoms with van der Waals surface area (Å²) in [6.07, 6.45) is -6.79. The first-order valence-corrected chi connectivity index (χ1v) is 13.6. The predicted molar refractivity (Wildman–Crippen MR) is 137 cm³/mol. The number of aliphatic hydroxyl groups excluding tert-OH is 2. The fourth-order valence-electron chi connectivity index (χ4n) is 7.62. The second kappa shape index (κ2) is 11.5. The van der Waals surface area contributed by atoms with Crippen molar-refractivity contribution in [3.8, 4) is 0 Å². The van der Waals surface area contributed by atoms with E-state index in [1.807, 2.05) is 0 Å². The molecule has 1 aliphatic heterocycles. The summed E-state index contributed by atoms with van der Waals surface area (Å²) < 4.78 is 17.0. The van der Waals surface area contributed by atoms with E-state index in [1.165, 1.54) is 13.8 Å². The van der Waals surface area contributed by atoms with Crippen molar-refractivity contribution in [3.05, 3.63) is 11.1 Å². The van der Waals surface area contributed by atoms with Crippen LogP contribution in [0.15, 0.2) is 11.1 Å². The molecule has 2 saturated carbocycles. The zero-order chi connectivity index (χ0) is 30.2. The first-order chi connectivity index (χ1) is 18.3. The summed E-state index contributed by atoms with van der Waals surface area (Å²) in [6, 6.07) is -0.976. The number of aliphatic hydroxyl groups is 4. The van der Waals surface area contributed by atoms with Crippen molar-refractivity contribution in [2.24, 2.45) is 16.7 Å². The van der Waals surface area contributed by atoms with E-state index in [9.17, 15) is 39.6 Å². The predicted octanol–water partition coefficient (Wildman–Crippen LogP) is -0.317. The van der Waals surface area contributed by atoms with Crippen LogP contribution in [0.1, 0.15) is 67.7 Å². The molecule has 0 aromatic rings. The van der Waals surface area contributed by atoms with Crippen molar-refractivity contribution < 1.29 is 97.9 Å². The summed E-state index contributed by atoms with van der Waals surface area (Å²) in [4.78, 5) is 50.9. The third kappa shape index (κ3) is 5.36. The molecule has 227 valence electrons. The van der Waals surface area contributed by atoms with E-state index < -0.39 is 88.1 Å². The Hall–Kier alpha value is -0.938. The van der Waals surface area contributed by atoms with E-state index >= 15 is 0 Å². The summed E-state index contributed by atoms with van der Waals surface area (Å²) in [5, 5.41) is 48.6. The van der Waals surface area contributed by atoms with Gasteiger partial charge in [0.1, 0.15) is 23.4 Å². The van der Waals surface area contributed by atoms with Crippen LogP contribution in [0.5, 0.6) is 0 Å². The quantitative estimate of drug-likeness (QED) is 0.230. The first kappa shape index (κ1) is 34.6. The molecule has 12 nitrogen and oxygen atoms in total. The molecule has 1 unspecified atom stereocenters. The van der Waals surface area contributed by atoms with Gasteiger partial charge in [-0.2, -0.15) is 0 Å². The van der Waals surface area contributed by atoms with Crippen molar-refractivity contribution in [1.29, 1.82) is 0 Å². The minimum Gasteiger partial charge on any atom is -0.459 e. The zero-order valence-electron chi connectivity index (χ0n) is 24.6. The maximum Gasteiger partial charge on any atom is 0.337 e. The minimum absolute atomic E-state index is 0. The SMILES string of the molecule is CC(=O)N[C@@H](C)[C@@H](O)C(=O)OC1C[C@@]2(O)[C@@H](OC(C)=O)[C@H]3[C@](C)(CC(=O)C(=C1C)C2(C)C)[C@@H](O)C[C@H]1OC[C@]13O.[Ac]. The number of fused-ring (bicyclic) bond motifs is 5. The molecule has 13 heteroatoms. The molecule has 1 amide bonds. The Morgan fingerprint density at radius 3 is 2.24 bits per heavy atom. The Morgan fingerprint density at radius 1 is 1.12 bits per heavy atom. The molecule has 1 heterocycles. The van der Waals surface area contributed by atoms with Crippen LogP contribution in [0, 0.1) is 60.8 Å². The fourth-order valence-corrected chi connectivity index (χ4v) is 7.62. The van der Waals surface area contributed by atoms with Gasteiger partial charge < -0.3 is 40.0 Å². The van der Waals surface area contributed by atoms with Crippen LogP contribution in [-0.2, 0) is 33.4 Å². The molecule has 3 fully saturated rings. The standard InChI is InChI=1S/C28H41NO11.Ac/c1-12-17(40-24(35)21(34)13(2)29-14(3)30)10-28(37)23(39-15(4)31)22-26(7,9-16(32)20(12)25(28,5)6)18(33)8-19-27(22,36)11-38-19;/h13,17-19,21-23,33-34,36-37H,8-11H2,1-7H3,(H,29,30);/t13-,17?,18-,19+,21+,22-,23-,26+,27-,28+;/m0./s1. The van der Waals surface area contributed by atoms with Crippen LogP contribution in [0.25, 0.3) is 0 Å². The van der Waals surface area contributed by atoms with Crippen molar-refractivity contribution >= 4 is 23.6 Å². The number of hydrogen-bond donors (Lipinski definition) is 5.